The first kappa shape index (κ1) is 17.7. The van der Waals surface area contributed by atoms with E-state index in [0.29, 0.717) is 24.7 Å². The Morgan fingerprint density at radius 2 is 1.54 bits per heavy atom. The topological polar surface area (TPSA) is 131 Å². The summed E-state index contributed by atoms with van der Waals surface area (Å²) in [5, 5.41) is 8.82. The highest BCUT2D eigenvalue weighted by molar-refractivity contribution is 7.89. The minimum atomic E-state index is -4.05. The van der Waals surface area contributed by atoms with Gasteiger partial charge in [0.15, 0.2) is 11.5 Å². The van der Waals surface area contributed by atoms with E-state index >= 15 is 0 Å². The van der Waals surface area contributed by atoms with Crippen LogP contribution in [-0.4, -0.2) is 38.6 Å². The molecule has 0 atom stereocenters. The summed E-state index contributed by atoms with van der Waals surface area (Å²) in [6, 6.07) is 9.03. The number of amides is 1. The van der Waals surface area contributed by atoms with E-state index in [0.717, 1.165) is 24.3 Å². The molecule has 1 heterocycles. The van der Waals surface area contributed by atoms with Gasteiger partial charge in [-0.05, 0) is 42.5 Å². The Morgan fingerprint density at radius 3 is 2.19 bits per heavy atom. The van der Waals surface area contributed by atoms with Crippen LogP contribution in [0, 0.1) is 0 Å². The molecule has 3 N–H and O–H groups in total. The Morgan fingerprint density at radius 1 is 0.923 bits per heavy atom. The van der Waals surface area contributed by atoms with Gasteiger partial charge < -0.3 is 14.6 Å². The zero-order valence-corrected chi connectivity index (χ0v) is 14.1. The lowest BCUT2D eigenvalue weighted by Gasteiger charge is -2.18. The van der Waals surface area contributed by atoms with E-state index in [2.05, 4.69) is 5.43 Å². The van der Waals surface area contributed by atoms with Crippen LogP contribution in [0.2, 0.25) is 0 Å². The first-order valence-corrected chi connectivity index (χ1v) is 8.90. The third kappa shape index (κ3) is 3.76. The quantitative estimate of drug-likeness (QED) is 0.655. The van der Waals surface area contributed by atoms with Gasteiger partial charge in [0, 0.05) is 5.56 Å². The average molecular weight is 378 g/mol. The van der Waals surface area contributed by atoms with Crippen LogP contribution in [0.25, 0.3) is 0 Å². The van der Waals surface area contributed by atoms with Crippen LogP contribution < -0.4 is 19.7 Å². The van der Waals surface area contributed by atoms with E-state index in [4.69, 9.17) is 14.6 Å². The highest BCUT2D eigenvalue weighted by Crippen LogP contribution is 2.30. The number of sulfonamides is 1. The monoisotopic (exact) mass is 378 g/mol. The Kier molecular flexibility index (Phi) is 4.78. The molecule has 0 saturated carbocycles. The summed E-state index contributed by atoms with van der Waals surface area (Å²) >= 11 is 0. The van der Waals surface area contributed by atoms with Gasteiger partial charge in [-0.3, -0.25) is 10.2 Å². The van der Waals surface area contributed by atoms with Crippen molar-refractivity contribution in [3.05, 3.63) is 53.6 Å². The highest BCUT2D eigenvalue weighted by atomic mass is 32.2. The predicted molar refractivity (Wildman–Crippen MR) is 88.6 cm³/mol. The average Bonchev–Trinajstić information content (AvgIpc) is 2.66. The summed E-state index contributed by atoms with van der Waals surface area (Å²) in [6.07, 6.45) is 0. The Balaban J connectivity index is 1.69. The number of benzene rings is 2. The molecule has 1 aliphatic rings. The number of carbonyl (C=O) groups is 2. The summed E-state index contributed by atoms with van der Waals surface area (Å²) in [7, 11) is -4.05. The summed E-state index contributed by atoms with van der Waals surface area (Å²) < 4.78 is 35.0. The van der Waals surface area contributed by atoms with Crippen molar-refractivity contribution in [1.29, 1.82) is 0 Å². The molecular weight excluding hydrogens is 364 g/mol. The lowest BCUT2D eigenvalue weighted by molar-refractivity contribution is 0.0696. The van der Waals surface area contributed by atoms with Gasteiger partial charge in [-0.1, -0.05) is 0 Å². The number of nitrogens with one attached hydrogen (secondary N) is 2. The van der Waals surface area contributed by atoms with E-state index in [1.54, 1.807) is 6.07 Å². The maximum Gasteiger partial charge on any atom is 0.335 e. The van der Waals surface area contributed by atoms with Crippen molar-refractivity contribution in [2.24, 2.45) is 0 Å². The molecule has 1 aliphatic heterocycles. The number of rotatable bonds is 5. The van der Waals surface area contributed by atoms with Crippen molar-refractivity contribution >= 4 is 21.9 Å². The van der Waals surface area contributed by atoms with Crippen LogP contribution in [0.1, 0.15) is 20.7 Å². The van der Waals surface area contributed by atoms with Gasteiger partial charge >= 0.3 is 5.97 Å². The smallest absolute Gasteiger partial charge is 0.335 e. The first-order valence-electron chi connectivity index (χ1n) is 7.42. The maximum atomic E-state index is 12.2. The molecule has 0 radical (unpaired) electrons. The van der Waals surface area contributed by atoms with Gasteiger partial charge in [-0.15, -0.1) is 4.83 Å². The number of aromatic carboxylic acids is 1. The fraction of sp³-hybridized carbons (Fsp3) is 0.125. The van der Waals surface area contributed by atoms with Gasteiger partial charge in [0.25, 0.3) is 15.9 Å². The van der Waals surface area contributed by atoms with Gasteiger partial charge in [0.2, 0.25) is 0 Å². The molecule has 0 unspecified atom stereocenters. The number of carboxylic acid groups (broad SMARTS) is 1. The summed E-state index contributed by atoms with van der Waals surface area (Å²) in [4.78, 5) is 24.7. The van der Waals surface area contributed by atoms with Crippen LogP contribution in [0.5, 0.6) is 11.5 Å². The second kappa shape index (κ2) is 7.02. The standard InChI is InChI=1S/C16H14N2O7S/c19-15(11-3-6-13-14(9-11)25-8-7-24-13)17-18-26(22,23)12-4-1-10(2-5-12)16(20)21/h1-6,9,18H,7-8H2,(H,17,19)(H,20,21). The van der Waals surface area contributed by atoms with E-state index in [-0.39, 0.29) is 16.0 Å². The van der Waals surface area contributed by atoms with E-state index in [1.165, 1.54) is 12.1 Å². The van der Waals surface area contributed by atoms with E-state index in [1.807, 2.05) is 4.83 Å². The second-order valence-electron chi connectivity index (χ2n) is 5.25. The molecule has 10 heteroatoms. The SMILES string of the molecule is O=C(O)c1ccc(S(=O)(=O)NNC(=O)c2ccc3c(c2)OCCO3)cc1. The lowest BCUT2D eigenvalue weighted by Crippen LogP contribution is -2.41. The van der Waals surface area contributed by atoms with Gasteiger partial charge in [-0.2, -0.15) is 0 Å². The molecule has 2 aromatic rings. The van der Waals surface area contributed by atoms with Gasteiger partial charge in [-0.25, -0.2) is 13.2 Å². The molecule has 0 spiro atoms. The number of hydrogen-bond acceptors (Lipinski definition) is 6. The number of carbonyl (C=O) groups excluding carboxylic acids is 1. The number of carboxylic acids is 1. The minimum absolute atomic E-state index is 0.0516. The largest absolute Gasteiger partial charge is 0.486 e. The fourth-order valence-electron chi connectivity index (χ4n) is 2.21. The first-order chi connectivity index (χ1) is 12.4. The molecule has 3 rings (SSSR count). The predicted octanol–water partition coefficient (Wildman–Crippen LogP) is 0.779. The van der Waals surface area contributed by atoms with E-state index in [9.17, 15) is 18.0 Å². The van der Waals surface area contributed by atoms with Crippen molar-refractivity contribution in [2.75, 3.05) is 13.2 Å². The zero-order valence-electron chi connectivity index (χ0n) is 13.3. The van der Waals surface area contributed by atoms with Crippen molar-refractivity contribution in [1.82, 2.24) is 10.3 Å². The van der Waals surface area contributed by atoms with Crippen molar-refractivity contribution in [2.45, 2.75) is 4.90 Å². The molecule has 0 fully saturated rings. The molecule has 9 nitrogen and oxygen atoms in total. The van der Waals surface area contributed by atoms with Crippen LogP contribution in [0.3, 0.4) is 0 Å². The Labute approximate surface area is 148 Å². The van der Waals surface area contributed by atoms with Crippen LogP contribution >= 0.6 is 0 Å². The molecule has 0 saturated heterocycles. The number of hydrazine groups is 1. The van der Waals surface area contributed by atoms with Crippen molar-refractivity contribution < 1.29 is 32.6 Å². The number of ether oxygens (including phenoxy) is 2. The number of hydrogen-bond donors (Lipinski definition) is 3. The van der Waals surface area contributed by atoms with Crippen LogP contribution in [0.4, 0.5) is 0 Å². The normalized spacial score (nSPS) is 13.1. The van der Waals surface area contributed by atoms with Crippen molar-refractivity contribution in [3.8, 4) is 11.5 Å². The minimum Gasteiger partial charge on any atom is -0.486 e. The second-order valence-corrected chi connectivity index (χ2v) is 6.93. The van der Waals surface area contributed by atoms with Crippen LogP contribution in [0.15, 0.2) is 47.4 Å². The van der Waals surface area contributed by atoms with E-state index < -0.39 is 21.9 Å². The highest BCUT2D eigenvalue weighted by Gasteiger charge is 2.18. The Hall–Kier alpha value is -3.11. The maximum absolute atomic E-state index is 12.2. The summed E-state index contributed by atoms with van der Waals surface area (Å²) in [5.41, 5.74) is 2.22. The molecule has 0 aromatic heterocycles. The molecule has 0 bridgehead atoms. The zero-order chi connectivity index (χ0) is 18.7. The third-order valence-corrected chi connectivity index (χ3v) is 4.78. The van der Waals surface area contributed by atoms with Gasteiger partial charge in [0.05, 0.1) is 10.5 Å². The summed E-state index contributed by atoms with van der Waals surface area (Å²) in [5.74, 6) is -0.954. The Bertz CT molecular complexity index is 955. The van der Waals surface area contributed by atoms with Gasteiger partial charge in [0.1, 0.15) is 13.2 Å². The third-order valence-electron chi connectivity index (χ3n) is 3.51. The molecule has 26 heavy (non-hydrogen) atoms. The molecule has 2 aromatic carbocycles. The number of fused-ring (bicyclic) bond motifs is 1. The molecule has 0 aliphatic carbocycles. The lowest BCUT2D eigenvalue weighted by atomic mass is 10.2. The van der Waals surface area contributed by atoms with Crippen LogP contribution in [-0.2, 0) is 10.0 Å². The molecule has 1 amide bonds. The van der Waals surface area contributed by atoms with Crippen molar-refractivity contribution in [3.63, 3.8) is 0 Å². The summed E-state index contributed by atoms with van der Waals surface area (Å²) in [6.45, 7) is 0.774. The molecular formula is C16H14N2O7S. The fourth-order valence-corrected chi connectivity index (χ4v) is 3.05. The molecule has 136 valence electrons.